The average Bonchev–Trinajstić information content (AvgIpc) is 3.11. The number of allylic oxidation sites excluding steroid dienone is 4. The van der Waals surface area contributed by atoms with Crippen LogP contribution in [0.5, 0.6) is 0 Å². The number of Topliss-reactive ketones (excluding diaryl/α,β-unsaturated/α-hetero) is 2. The third-order valence-corrected chi connectivity index (χ3v) is 4.67. The van der Waals surface area contributed by atoms with Gasteiger partial charge in [0, 0.05) is 24.7 Å². The van der Waals surface area contributed by atoms with Gasteiger partial charge in [-0.3, -0.25) is 14.4 Å². The van der Waals surface area contributed by atoms with Crippen molar-refractivity contribution >= 4 is 11.6 Å². The van der Waals surface area contributed by atoms with E-state index in [-0.39, 0.29) is 34.8 Å². The molecule has 3 heterocycles. The first-order valence-corrected chi connectivity index (χ1v) is 8.33. The number of hydrogen-bond donors (Lipinski definition) is 2. The second-order valence-corrected chi connectivity index (χ2v) is 6.50. The van der Waals surface area contributed by atoms with Gasteiger partial charge in [0.25, 0.3) is 5.56 Å². The number of carbonyl (C=O) groups excluding carboxylic acids is 2. The van der Waals surface area contributed by atoms with E-state index in [1.807, 2.05) is 0 Å². The minimum atomic E-state index is -0.401. The average molecular weight is 364 g/mol. The van der Waals surface area contributed by atoms with Crippen LogP contribution in [0.25, 0.3) is 0 Å². The summed E-state index contributed by atoms with van der Waals surface area (Å²) in [6.07, 6.45) is 2.01. The van der Waals surface area contributed by atoms with Gasteiger partial charge in [-0.15, -0.1) is 10.2 Å². The van der Waals surface area contributed by atoms with Gasteiger partial charge in [-0.25, -0.2) is 0 Å². The van der Waals surface area contributed by atoms with Gasteiger partial charge in [-0.05, 0) is 31.1 Å². The molecule has 0 spiro atoms. The first kappa shape index (κ1) is 16.8. The van der Waals surface area contributed by atoms with Crippen LogP contribution in [0.3, 0.4) is 0 Å². The van der Waals surface area contributed by atoms with E-state index < -0.39 is 5.78 Å². The fourth-order valence-electron chi connectivity index (χ4n) is 3.51. The fraction of sp³-hybridized carbons (Fsp3) is 0.222. The second kappa shape index (κ2) is 5.97. The first-order chi connectivity index (χ1) is 12.9. The van der Waals surface area contributed by atoms with Gasteiger partial charge in [0.1, 0.15) is 11.4 Å². The topological polar surface area (TPSA) is 123 Å². The van der Waals surface area contributed by atoms with Gasteiger partial charge < -0.3 is 9.88 Å². The van der Waals surface area contributed by atoms with Crippen LogP contribution < -0.4 is 10.9 Å². The normalized spacial score (nSPS) is 16.1. The molecule has 0 radical (unpaired) electrons. The smallest absolute Gasteiger partial charge is 0.251 e. The molecule has 136 valence electrons. The van der Waals surface area contributed by atoms with Crippen molar-refractivity contribution in [1.29, 1.82) is 0 Å². The zero-order valence-corrected chi connectivity index (χ0v) is 14.8. The van der Waals surface area contributed by atoms with Gasteiger partial charge in [0.15, 0.2) is 11.6 Å². The summed E-state index contributed by atoms with van der Waals surface area (Å²) in [5, 5.41) is 16.4. The number of H-pyrrole nitrogens is 1. The number of carbonyl (C=O) groups is 2. The number of aromatic amines is 1. The molecule has 0 fully saturated rings. The molecule has 2 aliphatic rings. The van der Waals surface area contributed by atoms with E-state index in [2.05, 4.69) is 32.5 Å². The van der Waals surface area contributed by atoms with Gasteiger partial charge in [0.05, 0.1) is 11.1 Å². The minimum Gasteiger partial charge on any atom is -0.352 e. The van der Waals surface area contributed by atoms with Crippen LogP contribution in [0.15, 0.2) is 46.1 Å². The molecule has 1 aliphatic heterocycles. The lowest BCUT2D eigenvalue weighted by Crippen LogP contribution is -2.39. The monoisotopic (exact) mass is 364 g/mol. The van der Waals surface area contributed by atoms with E-state index in [1.165, 1.54) is 10.6 Å². The Morgan fingerprint density at radius 2 is 1.96 bits per heavy atom. The molecule has 9 nitrogen and oxygen atoms in total. The van der Waals surface area contributed by atoms with Crippen molar-refractivity contribution in [3.63, 3.8) is 0 Å². The van der Waals surface area contributed by atoms with Crippen molar-refractivity contribution in [3.8, 4) is 0 Å². The molecule has 1 aliphatic carbocycles. The Labute approximate surface area is 153 Å². The summed E-state index contributed by atoms with van der Waals surface area (Å²) in [6, 6.07) is 1.38. The molecule has 2 aromatic rings. The zero-order valence-electron chi connectivity index (χ0n) is 14.8. The maximum absolute atomic E-state index is 13.2. The van der Waals surface area contributed by atoms with Crippen molar-refractivity contribution in [3.05, 3.63) is 74.3 Å². The molecule has 27 heavy (non-hydrogen) atoms. The van der Waals surface area contributed by atoms with E-state index in [9.17, 15) is 14.4 Å². The zero-order chi connectivity index (χ0) is 19.3. The number of aryl methyl sites for hydroxylation is 2. The lowest BCUT2D eigenvalue weighted by atomic mass is 9.83. The molecule has 2 aromatic heterocycles. The van der Waals surface area contributed by atoms with Crippen LogP contribution >= 0.6 is 0 Å². The van der Waals surface area contributed by atoms with E-state index in [0.29, 0.717) is 34.7 Å². The molecule has 0 atom stereocenters. The Morgan fingerprint density at radius 3 is 2.67 bits per heavy atom. The van der Waals surface area contributed by atoms with Gasteiger partial charge >= 0.3 is 0 Å². The maximum atomic E-state index is 13.2. The van der Waals surface area contributed by atoms with E-state index >= 15 is 0 Å². The molecule has 0 unspecified atom stereocenters. The molecular weight excluding hydrogens is 348 g/mol. The highest BCUT2D eigenvalue weighted by Crippen LogP contribution is 2.33. The Kier molecular flexibility index (Phi) is 3.72. The molecule has 0 saturated carbocycles. The second-order valence-electron chi connectivity index (χ2n) is 6.50. The fourth-order valence-corrected chi connectivity index (χ4v) is 3.51. The number of dihydropyridines is 1. The van der Waals surface area contributed by atoms with Crippen LogP contribution in [-0.2, 0) is 13.0 Å². The number of hydrogen-bond acceptors (Lipinski definition) is 7. The first-order valence-electron chi connectivity index (χ1n) is 8.33. The molecular formula is C18H16N6O3. The van der Waals surface area contributed by atoms with Crippen LogP contribution in [0.4, 0.5) is 0 Å². The molecule has 0 aromatic carbocycles. The summed E-state index contributed by atoms with van der Waals surface area (Å²) in [5.41, 5.74) is 2.14. The predicted octanol–water partition coefficient (Wildman–Crippen LogP) is 0.609. The minimum absolute atomic E-state index is 0.0854. The molecule has 4 rings (SSSR count). The highest BCUT2D eigenvalue weighted by atomic mass is 16.1. The number of aromatic nitrogens is 5. The van der Waals surface area contributed by atoms with Crippen molar-refractivity contribution in [2.45, 2.75) is 26.8 Å². The summed E-state index contributed by atoms with van der Waals surface area (Å²) >= 11 is 0. The van der Waals surface area contributed by atoms with Crippen LogP contribution in [-0.4, -0.2) is 36.8 Å². The Balaban J connectivity index is 1.88. The SMILES string of the molecule is C=C1C=C(C)C2=C(N1)C(=O)c1c(c(C)cc(=O)n1CCc1nn[nH]n1)C2=O. The summed E-state index contributed by atoms with van der Waals surface area (Å²) in [7, 11) is 0. The summed E-state index contributed by atoms with van der Waals surface area (Å²) in [4.78, 5) is 39.0. The standard InChI is InChI=1S/C18H16N6O3/c1-8-6-10(3)19-15-13(8)17(26)14-9(2)7-12(25)24(16(14)18(15)27)5-4-11-20-22-23-21-11/h6-7,19H,3-5H2,1-2H3,(H,20,21,22,23). The van der Waals surface area contributed by atoms with Crippen molar-refractivity contribution in [2.24, 2.45) is 0 Å². The van der Waals surface area contributed by atoms with Crippen LogP contribution in [0, 0.1) is 6.92 Å². The molecule has 0 amide bonds. The largest absolute Gasteiger partial charge is 0.352 e. The molecule has 2 N–H and O–H groups in total. The molecule has 0 saturated heterocycles. The lowest BCUT2D eigenvalue weighted by molar-refractivity contribution is 0.0961. The van der Waals surface area contributed by atoms with Crippen molar-refractivity contribution in [2.75, 3.05) is 0 Å². The number of tetrazole rings is 1. The van der Waals surface area contributed by atoms with Crippen molar-refractivity contribution in [1.82, 2.24) is 30.5 Å². The Morgan fingerprint density at radius 1 is 1.19 bits per heavy atom. The number of pyridine rings is 1. The number of nitrogens with one attached hydrogen (secondary N) is 2. The highest BCUT2D eigenvalue weighted by Gasteiger charge is 2.38. The number of fused-ring (bicyclic) bond motifs is 1. The predicted molar refractivity (Wildman–Crippen MR) is 95.0 cm³/mol. The summed E-state index contributed by atoms with van der Waals surface area (Å²) in [5.74, 6) is -0.269. The third kappa shape index (κ3) is 2.55. The Bertz CT molecular complexity index is 1130. The van der Waals surface area contributed by atoms with Gasteiger partial charge in [-0.2, -0.15) is 5.21 Å². The number of ketones is 2. The van der Waals surface area contributed by atoms with Crippen LogP contribution in [0.1, 0.15) is 39.2 Å². The van der Waals surface area contributed by atoms with Crippen LogP contribution in [0.2, 0.25) is 0 Å². The van der Waals surface area contributed by atoms with E-state index in [0.717, 1.165) is 0 Å². The van der Waals surface area contributed by atoms with E-state index in [4.69, 9.17) is 0 Å². The summed E-state index contributed by atoms with van der Waals surface area (Å²) < 4.78 is 1.31. The number of rotatable bonds is 3. The lowest BCUT2D eigenvalue weighted by Gasteiger charge is -2.28. The quantitative estimate of drug-likeness (QED) is 0.818. The Hall–Kier alpha value is -3.62. The van der Waals surface area contributed by atoms with Gasteiger partial charge in [-0.1, -0.05) is 11.8 Å². The maximum Gasteiger partial charge on any atom is 0.251 e. The third-order valence-electron chi connectivity index (χ3n) is 4.67. The molecule has 9 heteroatoms. The highest BCUT2D eigenvalue weighted by molar-refractivity contribution is 6.28. The van der Waals surface area contributed by atoms with Gasteiger partial charge in [0.2, 0.25) is 5.78 Å². The van der Waals surface area contributed by atoms with E-state index in [1.54, 1.807) is 19.9 Å². The molecule has 0 bridgehead atoms. The van der Waals surface area contributed by atoms with Crippen molar-refractivity contribution < 1.29 is 9.59 Å². The summed E-state index contributed by atoms with van der Waals surface area (Å²) in [6.45, 7) is 7.39. The number of nitrogens with zero attached hydrogens (tertiary/aromatic N) is 4.